The molecule has 1 aromatic heterocycles. The van der Waals surface area contributed by atoms with Crippen LogP contribution in [0.1, 0.15) is 28.8 Å². The Hall–Kier alpha value is -4.82. The molecule has 1 aliphatic carbocycles. The van der Waals surface area contributed by atoms with E-state index in [1.165, 1.54) is 33.4 Å². The Morgan fingerprint density at radius 2 is 1.45 bits per heavy atom. The minimum Gasteiger partial charge on any atom is -0.317 e. The molecule has 1 aliphatic heterocycles. The lowest BCUT2D eigenvalue weighted by atomic mass is 9.95. The predicted molar refractivity (Wildman–Crippen MR) is 162 cm³/mol. The summed E-state index contributed by atoms with van der Waals surface area (Å²) in [6.07, 6.45) is 13.3. The van der Waals surface area contributed by atoms with Crippen molar-refractivity contribution in [2.75, 3.05) is 4.90 Å². The largest absolute Gasteiger partial charge is 0.317 e. The van der Waals surface area contributed by atoms with Crippen LogP contribution in [0.4, 0.5) is 11.4 Å². The fourth-order valence-corrected chi connectivity index (χ4v) is 5.77. The Bertz CT molecular complexity index is 1760. The molecule has 38 heavy (non-hydrogen) atoms. The molecule has 2 heterocycles. The molecule has 2 nitrogen and oxygen atoms in total. The monoisotopic (exact) mass is 488 g/mol. The summed E-state index contributed by atoms with van der Waals surface area (Å²) in [4.78, 5) is 2.25. The predicted octanol–water partition coefficient (Wildman–Crippen LogP) is 9.35. The van der Waals surface area contributed by atoms with Crippen molar-refractivity contribution in [1.82, 2.24) is 4.57 Å². The molecule has 0 spiro atoms. The lowest BCUT2D eigenvalue weighted by Gasteiger charge is -2.26. The summed E-state index contributed by atoms with van der Waals surface area (Å²) < 4.78 is 2.44. The Kier molecular flexibility index (Phi) is 5.44. The number of allylic oxidation sites excluding steroid dienone is 5. The van der Waals surface area contributed by atoms with E-state index in [2.05, 4.69) is 150 Å². The highest BCUT2D eigenvalue weighted by atomic mass is 15.1. The first-order chi connectivity index (χ1) is 18.8. The number of rotatable bonds is 3. The van der Waals surface area contributed by atoms with Crippen LogP contribution in [0.5, 0.6) is 0 Å². The molecule has 2 heteroatoms. The summed E-state index contributed by atoms with van der Waals surface area (Å²) in [6.45, 7) is 4.49. The number of para-hydroxylation sites is 3. The maximum atomic E-state index is 4.49. The van der Waals surface area contributed by atoms with Crippen molar-refractivity contribution in [1.29, 1.82) is 0 Å². The molecule has 0 fully saturated rings. The Morgan fingerprint density at radius 1 is 0.711 bits per heavy atom. The first-order valence-corrected chi connectivity index (χ1v) is 13.2. The van der Waals surface area contributed by atoms with Gasteiger partial charge >= 0.3 is 0 Å². The molecule has 0 bridgehead atoms. The van der Waals surface area contributed by atoms with Gasteiger partial charge in [0.25, 0.3) is 0 Å². The molecular weight excluding hydrogens is 460 g/mol. The van der Waals surface area contributed by atoms with Crippen molar-refractivity contribution < 1.29 is 0 Å². The minimum atomic E-state index is 1.00. The van der Waals surface area contributed by atoms with Crippen molar-refractivity contribution in [2.24, 2.45) is 0 Å². The van der Waals surface area contributed by atoms with Gasteiger partial charge < -0.3 is 9.47 Å². The summed E-state index contributed by atoms with van der Waals surface area (Å²) in [5, 5.41) is 1.29. The summed E-state index contributed by atoms with van der Waals surface area (Å²) in [5.41, 5.74) is 11.9. The smallest absolute Gasteiger partial charge is 0.0538 e. The third kappa shape index (κ3) is 3.74. The molecule has 0 atom stereocenters. The number of fused-ring (bicyclic) bond motifs is 4. The zero-order valence-electron chi connectivity index (χ0n) is 21.2. The molecule has 0 amide bonds. The number of hydrogen-bond donors (Lipinski definition) is 0. The second-order valence-corrected chi connectivity index (χ2v) is 9.87. The zero-order valence-corrected chi connectivity index (χ0v) is 21.2. The van der Waals surface area contributed by atoms with Crippen LogP contribution < -0.4 is 4.90 Å². The number of hydrogen-bond acceptors (Lipinski definition) is 1. The zero-order chi connectivity index (χ0) is 25.5. The van der Waals surface area contributed by atoms with E-state index in [0.29, 0.717) is 0 Å². The van der Waals surface area contributed by atoms with Crippen LogP contribution in [0.3, 0.4) is 0 Å². The second kappa shape index (κ2) is 9.24. The second-order valence-electron chi connectivity index (χ2n) is 9.87. The van der Waals surface area contributed by atoms with Gasteiger partial charge in [-0.3, -0.25) is 0 Å². The van der Waals surface area contributed by atoms with Gasteiger partial charge in [0, 0.05) is 39.8 Å². The fraction of sp³-hybridized carbons (Fsp3) is 0.0556. The molecule has 4 aromatic carbocycles. The lowest BCUT2D eigenvalue weighted by Crippen LogP contribution is -2.11. The van der Waals surface area contributed by atoms with Crippen LogP contribution >= 0.6 is 0 Å². The molecule has 2 aliphatic rings. The number of benzene rings is 4. The van der Waals surface area contributed by atoms with Crippen LogP contribution in [0.2, 0.25) is 0 Å². The SMILES string of the molecule is C=C1/C=C(c2ccc3c(c2)c2c(n3-c3ccccc3)CCC=C2)\C=C/N(c2ccccc2)c2ccccc21. The summed E-state index contributed by atoms with van der Waals surface area (Å²) in [7, 11) is 0. The highest BCUT2D eigenvalue weighted by Gasteiger charge is 2.20. The average Bonchev–Trinajstić information content (AvgIpc) is 3.30. The van der Waals surface area contributed by atoms with Crippen molar-refractivity contribution >= 4 is 39.5 Å². The fourth-order valence-electron chi connectivity index (χ4n) is 5.77. The van der Waals surface area contributed by atoms with E-state index < -0.39 is 0 Å². The van der Waals surface area contributed by atoms with Gasteiger partial charge in [0.15, 0.2) is 0 Å². The van der Waals surface area contributed by atoms with E-state index in [-0.39, 0.29) is 0 Å². The minimum absolute atomic E-state index is 1.00. The highest BCUT2D eigenvalue weighted by Crippen LogP contribution is 2.39. The first-order valence-electron chi connectivity index (χ1n) is 13.2. The molecule has 0 N–H and O–H groups in total. The van der Waals surface area contributed by atoms with Gasteiger partial charge in [-0.05, 0) is 84.2 Å². The van der Waals surface area contributed by atoms with Gasteiger partial charge in [-0.25, -0.2) is 0 Å². The summed E-state index contributed by atoms with van der Waals surface area (Å²) in [5.74, 6) is 0. The normalized spacial score (nSPS) is 16.8. The lowest BCUT2D eigenvalue weighted by molar-refractivity contribution is 0.888. The summed E-state index contributed by atoms with van der Waals surface area (Å²) >= 11 is 0. The van der Waals surface area contributed by atoms with E-state index in [1.54, 1.807) is 0 Å². The van der Waals surface area contributed by atoms with Crippen molar-refractivity contribution in [3.63, 3.8) is 0 Å². The molecule has 0 unspecified atom stereocenters. The van der Waals surface area contributed by atoms with Crippen LogP contribution in [0.25, 0.3) is 33.8 Å². The van der Waals surface area contributed by atoms with Crippen LogP contribution in [-0.4, -0.2) is 4.57 Å². The van der Waals surface area contributed by atoms with E-state index in [4.69, 9.17) is 0 Å². The van der Waals surface area contributed by atoms with Crippen molar-refractivity contribution in [3.05, 3.63) is 157 Å². The standard InChI is InChI=1S/C36H28N2/c1-26-24-28(22-23-37(29-12-4-2-5-13-29)34-18-10-8-16-31(26)34)27-20-21-36-33(25-27)32-17-9-11-19-35(32)38(36)30-14-6-3-7-15-30/h2-10,12-18,20-25H,1,11,19H2/b23-22-,28-24+. The molecular formula is C36H28N2. The van der Waals surface area contributed by atoms with Gasteiger partial charge in [0.05, 0.1) is 11.2 Å². The molecule has 5 aromatic rings. The third-order valence-corrected chi connectivity index (χ3v) is 7.57. The number of anilines is 2. The Labute approximate surface area is 223 Å². The van der Waals surface area contributed by atoms with E-state index >= 15 is 0 Å². The molecule has 0 saturated carbocycles. The summed E-state index contributed by atoms with van der Waals surface area (Å²) in [6, 6.07) is 36.6. The Morgan fingerprint density at radius 3 is 2.26 bits per heavy atom. The van der Waals surface area contributed by atoms with Gasteiger partial charge in [-0.2, -0.15) is 0 Å². The maximum absolute atomic E-state index is 4.49. The first kappa shape index (κ1) is 22.4. The molecule has 0 radical (unpaired) electrons. The number of nitrogens with zero attached hydrogens (tertiary/aromatic N) is 2. The quantitative estimate of drug-likeness (QED) is 0.246. The Balaban J connectivity index is 1.40. The van der Waals surface area contributed by atoms with Gasteiger partial charge in [0.1, 0.15) is 0 Å². The van der Waals surface area contributed by atoms with Crippen LogP contribution in [-0.2, 0) is 6.42 Å². The van der Waals surface area contributed by atoms with E-state index in [0.717, 1.165) is 40.9 Å². The average molecular weight is 489 g/mol. The molecule has 7 rings (SSSR count). The number of aromatic nitrogens is 1. The van der Waals surface area contributed by atoms with Gasteiger partial charge in [-0.15, -0.1) is 0 Å². The van der Waals surface area contributed by atoms with Crippen LogP contribution in [0, 0.1) is 0 Å². The molecule has 182 valence electrons. The molecule has 0 saturated heterocycles. The van der Waals surface area contributed by atoms with Crippen molar-refractivity contribution in [3.8, 4) is 5.69 Å². The topological polar surface area (TPSA) is 8.17 Å². The van der Waals surface area contributed by atoms with E-state index in [1.807, 2.05) is 0 Å². The third-order valence-electron chi connectivity index (χ3n) is 7.57. The van der Waals surface area contributed by atoms with Gasteiger partial charge in [0.2, 0.25) is 0 Å². The highest BCUT2D eigenvalue weighted by molar-refractivity contribution is 5.98. The maximum Gasteiger partial charge on any atom is 0.0538 e. The van der Waals surface area contributed by atoms with Gasteiger partial charge in [-0.1, -0.05) is 79.4 Å². The van der Waals surface area contributed by atoms with E-state index in [9.17, 15) is 0 Å². The van der Waals surface area contributed by atoms with Crippen LogP contribution in [0.15, 0.2) is 134 Å². The van der Waals surface area contributed by atoms with Crippen molar-refractivity contribution in [2.45, 2.75) is 12.8 Å².